The van der Waals surface area contributed by atoms with Crippen LogP contribution in [0.2, 0.25) is 0 Å². The van der Waals surface area contributed by atoms with Gasteiger partial charge in [-0.05, 0) is 73.0 Å². The van der Waals surface area contributed by atoms with E-state index >= 15 is 0 Å². The van der Waals surface area contributed by atoms with Crippen LogP contribution in [0.5, 0.6) is 23.0 Å². The molecule has 1 N–H and O–H groups in total. The summed E-state index contributed by atoms with van der Waals surface area (Å²) >= 11 is 0. The molecule has 0 saturated carbocycles. The smallest absolute Gasteiger partial charge is 0.343 e. The van der Waals surface area contributed by atoms with Crippen LogP contribution in [0.4, 0.5) is 0 Å². The highest BCUT2D eigenvalue weighted by molar-refractivity contribution is 5.92. The molecule has 3 aromatic rings. The summed E-state index contributed by atoms with van der Waals surface area (Å²) in [6.45, 7) is 5.97. The predicted molar refractivity (Wildman–Crippen MR) is 137 cm³/mol. The normalized spacial score (nSPS) is 10.5. The van der Waals surface area contributed by atoms with Gasteiger partial charge in [-0.3, -0.25) is 4.79 Å². The van der Waals surface area contributed by atoms with Gasteiger partial charge >= 0.3 is 5.97 Å². The number of amides is 1. The average Bonchev–Trinajstić information content (AvgIpc) is 2.89. The lowest BCUT2D eigenvalue weighted by Crippen LogP contribution is -2.24. The quantitative estimate of drug-likeness (QED) is 0.132. The van der Waals surface area contributed by atoms with Crippen LogP contribution in [-0.4, -0.2) is 38.4 Å². The minimum Gasteiger partial charge on any atom is -0.494 e. The Balaban J connectivity index is 1.56. The maximum atomic E-state index is 12.5. The topological polar surface area (TPSA) is 95.5 Å². The molecule has 0 aliphatic rings. The van der Waals surface area contributed by atoms with E-state index in [4.69, 9.17) is 18.9 Å². The van der Waals surface area contributed by atoms with E-state index in [1.807, 2.05) is 25.1 Å². The Kier molecular flexibility index (Phi) is 9.64. The van der Waals surface area contributed by atoms with E-state index in [2.05, 4.69) is 17.1 Å². The number of hydrazone groups is 1. The van der Waals surface area contributed by atoms with E-state index in [0.717, 1.165) is 5.56 Å². The minimum atomic E-state index is -0.528. The van der Waals surface area contributed by atoms with Gasteiger partial charge in [0.05, 0.1) is 25.5 Å². The van der Waals surface area contributed by atoms with Gasteiger partial charge in [-0.25, -0.2) is 10.2 Å². The van der Waals surface area contributed by atoms with Crippen LogP contribution in [0.25, 0.3) is 0 Å². The van der Waals surface area contributed by atoms with Crippen molar-refractivity contribution in [2.24, 2.45) is 5.10 Å². The lowest BCUT2D eigenvalue weighted by atomic mass is 10.1. The van der Waals surface area contributed by atoms with Gasteiger partial charge < -0.3 is 18.9 Å². The molecule has 0 aliphatic heterocycles. The fraction of sp³-hybridized carbons (Fsp3) is 0.179. The van der Waals surface area contributed by atoms with Gasteiger partial charge in [-0.1, -0.05) is 24.3 Å². The summed E-state index contributed by atoms with van der Waals surface area (Å²) in [4.78, 5) is 24.6. The van der Waals surface area contributed by atoms with Crippen LogP contribution in [0.1, 0.15) is 28.4 Å². The van der Waals surface area contributed by atoms with Crippen LogP contribution in [0.3, 0.4) is 0 Å². The van der Waals surface area contributed by atoms with Gasteiger partial charge in [0.25, 0.3) is 5.91 Å². The van der Waals surface area contributed by atoms with Crippen LogP contribution < -0.4 is 24.4 Å². The summed E-state index contributed by atoms with van der Waals surface area (Å²) in [5, 5.41) is 3.95. The second kappa shape index (κ2) is 13.3. The van der Waals surface area contributed by atoms with Crippen molar-refractivity contribution in [3.05, 3.63) is 96.1 Å². The Bertz CT molecular complexity index is 1220. The SMILES string of the molecule is C=CCc1ccccc1OCC(=O)NN=Cc1ccc(OC(=O)c2ccc(OCC)cc2)c(OC)c1. The molecule has 3 aromatic carbocycles. The van der Waals surface area contributed by atoms with Crippen LogP contribution in [0, 0.1) is 0 Å². The zero-order chi connectivity index (χ0) is 25.8. The van der Waals surface area contributed by atoms with Gasteiger partial charge in [-0.2, -0.15) is 5.10 Å². The van der Waals surface area contributed by atoms with Crippen molar-refractivity contribution in [3.8, 4) is 23.0 Å². The first-order valence-corrected chi connectivity index (χ1v) is 11.3. The van der Waals surface area contributed by atoms with Crippen molar-refractivity contribution >= 4 is 18.1 Å². The number of ether oxygens (including phenoxy) is 4. The summed E-state index contributed by atoms with van der Waals surface area (Å²) < 4.78 is 21.8. The number of hydrogen-bond acceptors (Lipinski definition) is 7. The van der Waals surface area contributed by atoms with E-state index in [9.17, 15) is 9.59 Å². The summed E-state index contributed by atoms with van der Waals surface area (Å²) in [6.07, 6.45) is 3.86. The molecule has 186 valence electrons. The predicted octanol–water partition coefficient (Wildman–Crippen LogP) is 4.57. The van der Waals surface area contributed by atoms with Crippen molar-refractivity contribution in [2.75, 3.05) is 20.3 Å². The number of methoxy groups -OCH3 is 1. The van der Waals surface area contributed by atoms with Gasteiger partial charge in [-0.15, -0.1) is 6.58 Å². The number of carbonyl (C=O) groups excluding carboxylic acids is 2. The number of allylic oxidation sites excluding steroid dienone is 1. The zero-order valence-corrected chi connectivity index (χ0v) is 20.2. The van der Waals surface area contributed by atoms with Crippen LogP contribution in [0.15, 0.2) is 84.5 Å². The first kappa shape index (κ1) is 26.0. The monoisotopic (exact) mass is 488 g/mol. The standard InChI is InChI=1S/C28H28N2O6/c1-4-8-21-9-6-7-10-24(21)35-19-27(31)30-29-18-20-11-16-25(26(17-20)33-3)36-28(32)22-12-14-23(15-13-22)34-5-2/h4,6-7,9-18H,1,5,8,19H2,2-3H3,(H,30,31). The van der Waals surface area contributed by atoms with E-state index in [-0.39, 0.29) is 12.4 Å². The number of nitrogens with one attached hydrogen (secondary N) is 1. The maximum Gasteiger partial charge on any atom is 0.343 e. The molecule has 0 spiro atoms. The first-order valence-electron chi connectivity index (χ1n) is 11.3. The Hall–Kier alpha value is -4.59. The number of nitrogens with zero attached hydrogens (tertiary/aromatic N) is 1. The molecule has 0 atom stereocenters. The van der Waals surface area contributed by atoms with Gasteiger partial charge in [0.2, 0.25) is 0 Å². The van der Waals surface area contributed by atoms with E-state index in [1.165, 1.54) is 13.3 Å². The number of esters is 1. The molecule has 8 heteroatoms. The molecule has 0 aliphatic carbocycles. The molecule has 0 radical (unpaired) electrons. The molecule has 0 saturated heterocycles. The summed E-state index contributed by atoms with van der Waals surface area (Å²) in [5.41, 5.74) is 4.37. The Morgan fingerprint density at radius 2 is 1.75 bits per heavy atom. The van der Waals surface area contributed by atoms with Gasteiger partial charge in [0.15, 0.2) is 18.1 Å². The molecule has 3 rings (SSSR count). The van der Waals surface area contributed by atoms with E-state index in [1.54, 1.807) is 54.6 Å². The van der Waals surface area contributed by atoms with Crippen molar-refractivity contribution in [2.45, 2.75) is 13.3 Å². The Morgan fingerprint density at radius 1 is 0.972 bits per heavy atom. The molecule has 0 bridgehead atoms. The highest BCUT2D eigenvalue weighted by Crippen LogP contribution is 2.28. The van der Waals surface area contributed by atoms with E-state index < -0.39 is 11.9 Å². The van der Waals surface area contributed by atoms with E-state index in [0.29, 0.717) is 41.4 Å². The third kappa shape index (κ3) is 7.46. The highest BCUT2D eigenvalue weighted by Gasteiger charge is 2.13. The molecule has 0 aromatic heterocycles. The molecule has 1 amide bonds. The summed E-state index contributed by atoms with van der Waals surface area (Å²) in [5.74, 6) is 0.950. The molecular formula is C28H28N2O6. The second-order valence-corrected chi connectivity index (χ2v) is 7.44. The molecule has 36 heavy (non-hydrogen) atoms. The lowest BCUT2D eigenvalue weighted by Gasteiger charge is -2.10. The number of benzene rings is 3. The molecule has 0 heterocycles. The third-order valence-corrected chi connectivity index (χ3v) is 4.89. The van der Waals surface area contributed by atoms with Crippen LogP contribution in [-0.2, 0) is 11.2 Å². The largest absolute Gasteiger partial charge is 0.494 e. The van der Waals surface area contributed by atoms with Crippen molar-refractivity contribution in [3.63, 3.8) is 0 Å². The average molecular weight is 489 g/mol. The van der Waals surface area contributed by atoms with Crippen molar-refractivity contribution in [1.29, 1.82) is 0 Å². The highest BCUT2D eigenvalue weighted by atomic mass is 16.6. The second-order valence-electron chi connectivity index (χ2n) is 7.44. The zero-order valence-electron chi connectivity index (χ0n) is 20.2. The molecule has 0 unspecified atom stereocenters. The molecule has 8 nitrogen and oxygen atoms in total. The van der Waals surface area contributed by atoms with Crippen molar-refractivity contribution < 1.29 is 28.5 Å². The number of para-hydroxylation sites is 1. The maximum absolute atomic E-state index is 12.5. The summed E-state index contributed by atoms with van der Waals surface area (Å²) in [7, 11) is 1.47. The minimum absolute atomic E-state index is 0.185. The number of rotatable bonds is 12. The lowest BCUT2D eigenvalue weighted by molar-refractivity contribution is -0.123. The number of carbonyl (C=O) groups is 2. The fourth-order valence-electron chi connectivity index (χ4n) is 3.18. The molecule has 0 fully saturated rings. The fourth-order valence-corrected chi connectivity index (χ4v) is 3.18. The Morgan fingerprint density at radius 3 is 2.47 bits per heavy atom. The number of hydrogen-bond donors (Lipinski definition) is 1. The third-order valence-electron chi connectivity index (χ3n) is 4.89. The van der Waals surface area contributed by atoms with Gasteiger partial charge in [0, 0.05) is 0 Å². The van der Waals surface area contributed by atoms with Crippen LogP contribution >= 0.6 is 0 Å². The first-order chi connectivity index (χ1) is 17.5. The summed E-state index contributed by atoms with van der Waals surface area (Å²) in [6, 6.07) is 19.0. The van der Waals surface area contributed by atoms with Crippen molar-refractivity contribution in [1.82, 2.24) is 5.43 Å². The van der Waals surface area contributed by atoms with Gasteiger partial charge in [0.1, 0.15) is 11.5 Å². The Labute approximate surface area is 210 Å². The molecular weight excluding hydrogens is 460 g/mol.